The number of hydrogen-bond donors (Lipinski definition) is 0. The van der Waals surface area contributed by atoms with Crippen molar-refractivity contribution in [1.29, 1.82) is 0 Å². The van der Waals surface area contributed by atoms with Gasteiger partial charge in [0.25, 0.3) is 15.9 Å². The van der Waals surface area contributed by atoms with Crippen molar-refractivity contribution in [3.05, 3.63) is 46.3 Å². The molecule has 1 aromatic carbocycles. The first kappa shape index (κ1) is 19.2. The van der Waals surface area contributed by atoms with Gasteiger partial charge in [0.15, 0.2) is 0 Å². The molecule has 1 aromatic heterocycles. The number of carbonyl (C=O) groups is 1. The van der Waals surface area contributed by atoms with Crippen LogP contribution < -0.4 is 4.74 Å². The molecule has 1 aliphatic rings. The summed E-state index contributed by atoms with van der Waals surface area (Å²) >= 11 is 6.89. The number of carbonyl (C=O) groups excluding carboxylic acids is 1. The molecule has 0 radical (unpaired) electrons. The Balaban J connectivity index is 1.70. The average Bonchev–Trinajstić information content (AvgIpc) is 3.09. The molecule has 0 unspecified atom stereocenters. The molecule has 0 bridgehead atoms. The second kappa shape index (κ2) is 7.96. The molecule has 9 heteroatoms. The fourth-order valence-electron chi connectivity index (χ4n) is 2.79. The van der Waals surface area contributed by atoms with Crippen LogP contribution in [0.1, 0.15) is 17.3 Å². The van der Waals surface area contributed by atoms with Gasteiger partial charge in [-0.3, -0.25) is 4.79 Å². The lowest BCUT2D eigenvalue weighted by Gasteiger charge is -2.34. The van der Waals surface area contributed by atoms with Gasteiger partial charge in [-0.05, 0) is 31.2 Å². The Hall–Kier alpha value is -1.61. The molecule has 3 rings (SSSR count). The van der Waals surface area contributed by atoms with Crippen LogP contribution in [0.3, 0.4) is 0 Å². The number of piperazine rings is 1. The maximum Gasteiger partial charge on any atom is 0.257 e. The highest BCUT2D eigenvalue weighted by Crippen LogP contribution is 2.29. The van der Waals surface area contributed by atoms with E-state index in [1.807, 2.05) is 13.0 Å². The molecule has 2 heterocycles. The van der Waals surface area contributed by atoms with E-state index in [0.29, 0.717) is 35.3 Å². The maximum atomic E-state index is 12.8. The van der Waals surface area contributed by atoms with Crippen molar-refractivity contribution < 1.29 is 17.9 Å². The van der Waals surface area contributed by atoms with Gasteiger partial charge >= 0.3 is 0 Å². The molecule has 0 spiro atoms. The van der Waals surface area contributed by atoms with Crippen LogP contribution in [-0.2, 0) is 10.0 Å². The minimum absolute atomic E-state index is 0.148. The summed E-state index contributed by atoms with van der Waals surface area (Å²) in [4.78, 5) is 14.4. The molecule has 0 atom stereocenters. The van der Waals surface area contributed by atoms with Gasteiger partial charge in [-0.2, -0.15) is 4.31 Å². The van der Waals surface area contributed by atoms with Crippen molar-refractivity contribution >= 4 is 38.9 Å². The Morgan fingerprint density at radius 3 is 2.46 bits per heavy atom. The van der Waals surface area contributed by atoms with Crippen LogP contribution in [-0.4, -0.2) is 56.3 Å². The fraction of sp³-hybridized carbons (Fsp3) is 0.353. The molecule has 0 aliphatic carbocycles. The normalized spacial score (nSPS) is 15.8. The first-order valence-electron chi connectivity index (χ1n) is 8.20. The summed E-state index contributed by atoms with van der Waals surface area (Å²) in [5.41, 5.74) is 0.496. The summed E-state index contributed by atoms with van der Waals surface area (Å²) in [6.07, 6.45) is 0. The van der Waals surface area contributed by atoms with E-state index in [4.69, 9.17) is 16.3 Å². The molecule has 1 saturated heterocycles. The van der Waals surface area contributed by atoms with Crippen LogP contribution >= 0.6 is 22.9 Å². The Labute approximate surface area is 162 Å². The van der Waals surface area contributed by atoms with Gasteiger partial charge in [0, 0.05) is 26.2 Å². The van der Waals surface area contributed by atoms with Crippen molar-refractivity contribution in [2.24, 2.45) is 0 Å². The molecule has 26 heavy (non-hydrogen) atoms. The SMILES string of the molecule is CCOc1ccccc1C(=O)N1CCN(S(=O)(=O)c2ccc(Cl)s2)CC1. The van der Waals surface area contributed by atoms with Gasteiger partial charge in [0.1, 0.15) is 9.96 Å². The lowest BCUT2D eigenvalue weighted by molar-refractivity contribution is 0.0694. The highest BCUT2D eigenvalue weighted by Gasteiger charge is 2.32. The van der Waals surface area contributed by atoms with Crippen molar-refractivity contribution in [3.63, 3.8) is 0 Å². The molecule has 1 fully saturated rings. The molecule has 140 valence electrons. The average molecular weight is 415 g/mol. The molecule has 2 aromatic rings. The van der Waals surface area contributed by atoms with Crippen molar-refractivity contribution in [1.82, 2.24) is 9.21 Å². The zero-order valence-corrected chi connectivity index (χ0v) is 16.6. The molecule has 6 nitrogen and oxygen atoms in total. The third-order valence-corrected chi connectivity index (χ3v) is 7.68. The van der Waals surface area contributed by atoms with Crippen LogP contribution in [0.2, 0.25) is 4.34 Å². The van der Waals surface area contributed by atoms with Crippen LogP contribution in [0.15, 0.2) is 40.6 Å². The quantitative estimate of drug-likeness (QED) is 0.754. The summed E-state index contributed by atoms with van der Waals surface area (Å²) in [6, 6.07) is 10.2. The summed E-state index contributed by atoms with van der Waals surface area (Å²) in [5, 5.41) is 0. The molecule has 0 saturated carbocycles. The van der Waals surface area contributed by atoms with E-state index in [9.17, 15) is 13.2 Å². The number of halogens is 1. The van der Waals surface area contributed by atoms with E-state index < -0.39 is 10.0 Å². The van der Waals surface area contributed by atoms with Gasteiger partial charge in [-0.1, -0.05) is 23.7 Å². The number of ether oxygens (including phenoxy) is 1. The molecule has 0 N–H and O–H groups in total. The van der Waals surface area contributed by atoms with Crippen molar-refractivity contribution in [2.75, 3.05) is 32.8 Å². The van der Waals surface area contributed by atoms with E-state index in [1.165, 1.54) is 10.4 Å². The third-order valence-electron chi connectivity index (χ3n) is 4.09. The summed E-state index contributed by atoms with van der Waals surface area (Å²) in [5.74, 6) is 0.397. The van der Waals surface area contributed by atoms with E-state index in [0.717, 1.165) is 11.3 Å². The Morgan fingerprint density at radius 1 is 1.15 bits per heavy atom. The number of thiophene rings is 1. The largest absolute Gasteiger partial charge is 0.493 e. The lowest BCUT2D eigenvalue weighted by Crippen LogP contribution is -2.50. The first-order chi connectivity index (χ1) is 12.4. The number of amides is 1. The predicted molar refractivity (Wildman–Crippen MR) is 102 cm³/mol. The van der Waals surface area contributed by atoms with Gasteiger partial charge in [-0.15, -0.1) is 11.3 Å². The van der Waals surface area contributed by atoms with Crippen LogP contribution in [0.4, 0.5) is 0 Å². The maximum absolute atomic E-state index is 12.8. The number of hydrogen-bond acceptors (Lipinski definition) is 5. The zero-order valence-electron chi connectivity index (χ0n) is 14.2. The van der Waals surface area contributed by atoms with Crippen LogP contribution in [0.25, 0.3) is 0 Å². The predicted octanol–water partition coefficient (Wildman–Crippen LogP) is 2.95. The Bertz CT molecular complexity index is 890. The fourth-order valence-corrected chi connectivity index (χ4v) is 5.85. The van der Waals surface area contributed by atoms with E-state index >= 15 is 0 Å². The second-order valence-electron chi connectivity index (χ2n) is 5.68. The van der Waals surface area contributed by atoms with Gasteiger partial charge < -0.3 is 9.64 Å². The topological polar surface area (TPSA) is 66.9 Å². The van der Waals surface area contributed by atoms with Crippen LogP contribution in [0, 0.1) is 0 Å². The number of para-hydroxylation sites is 1. The number of rotatable bonds is 5. The number of sulfonamides is 1. The smallest absolute Gasteiger partial charge is 0.257 e. The summed E-state index contributed by atoms with van der Waals surface area (Å²) in [7, 11) is -3.57. The Morgan fingerprint density at radius 2 is 1.85 bits per heavy atom. The summed E-state index contributed by atoms with van der Waals surface area (Å²) < 4.78 is 32.9. The van der Waals surface area contributed by atoms with Crippen LogP contribution in [0.5, 0.6) is 5.75 Å². The van der Waals surface area contributed by atoms with Crippen molar-refractivity contribution in [3.8, 4) is 5.75 Å². The third kappa shape index (κ3) is 3.88. The molecular formula is C17H19ClN2O4S2. The second-order valence-corrected chi connectivity index (χ2v) is 9.56. The minimum atomic E-state index is -3.57. The molecule has 1 aliphatic heterocycles. The molecular weight excluding hydrogens is 396 g/mol. The standard InChI is InChI=1S/C17H19ClN2O4S2/c1-2-24-14-6-4-3-5-13(14)17(21)19-9-11-20(12-10-19)26(22,23)16-8-7-15(18)25-16/h3-8H,2,9-12H2,1H3. The summed E-state index contributed by atoms with van der Waals surface area (Å²) in [6.45, 7) is 3.50. The highest BCUT2D eigenvalue weighted by molar-refractivity contribution is 7.91. The zero-order chi connectivity index (χ0) is 18.7. The van der Waals surface area contributed by atoms with Gasteiger partial charge in [0.2, 0.25) is 0 Å². The van der Waals surface area contributed by atoms with E-state index in [2.05, 4.69) is 0 Å². The van der Waals surface area contributed by atoms with Gasteiger partial charge in [0.05, 0.1) is 16.5 Å². The van der Waals surface area contributed by atoms with E-state index in [-0.39, 0.29) is 23.2 Å². The lowest BCUT2D eigenvalue weighted by atomic mass is 10.1. The number of benzene rings is 1. The van der Waals surface area contributed by atoms with Crippen molar-refractivity contribution in [2.45, 2.75) is 11.1 Å². The first-order valence-corrected chi connectivity index (χ1v) is 10.8. The highest BCUT2D eigenvalue weighted by atomic mass is 35.5. The minimum Gasteiger partial charge on any atom is -0.493 e. The van der Waals surface area contributed by atoms with Gasteiger partial charge in [-0.25, -0.2) is 8.42 Å². The van der Waals surface area contributed by atoms with E-state index in [1.54, 1.807) is 29.2 Å². The monoisotopic (exact) mass is 414 g/mol. The Kier molecular flexibility index (Phi) is 5.86. The number of nitrogens with zero attached hydrogens (tertiary/aromatic N) is 2. The molecule has 1 amide bonds.